The summed E-state index contributed by atoms with van der Waals surface area (Å²) in [6, 6.07) is 8.81. The lowest BCUT2D eigenvalue weighted by Gasteiger charge is -2.44. The van der Waals surface area contributed by atoms with Crippen LogP contribution in [0.5, 0.6) is 0 Å². The number of nitrogens with one attached hydrogen (secondary N) is 1. The van der Waals surface area contributed by atoms with Crippen molar-refractivity contribution in [2.45, 2.75) is 44.6 Å². The van der Waals surface area contributed by atoms with Crippen molar-refractivity contribution in [3.63, 3.8) is 0 Å². The number of aromatic amines is 1. The van der Waals surface area contributed by atoms with Gasteiger partial charge in [0, 0.05) is 16.6 Å². The van der Waals surface area contributed by atoms with Crippen molar-refractivity contribution >= 4 is 10.9 Å². The fraction of sp³-hybridized carbons (Fsp3) is 0.529. The van der Waals surface area contributed by atoms with Crippen molar-refractivity contribution in [1.29, 1.82) is 0 Å². The number of aromatic nitrogens is 1. The van der Waals surface area contributed by atoms with E-state index in [1.807, 2.05) is 0 Å². The van der Waals surface area contributed by atoms with E-state index in [9.17, 15) is 0 Å². The summed E-state index contributed by atoms with van der Waals surface area (Å²) >= 11 is 0. The summed E-state index contributed by atoms with van der Waals surface area (Å²) in [5, 5.41) is 1.45. The molecule has 4 rings (SSSR count). The molecule has 2 aliphatic heterocycles. The number of H-pyrrole nitrogens is 1. The van der Waals surface area contributed by atoms with E-state index in [0.717, 1.165) is 0 Å². The van der Waals surface area contributed by atoms with Gasteiger partial charge in [0.15, 0.2) is 0 Å². The van der Waals surface area contributed by atoms with Crippen molar-refractivity contribution in [3.8, 4) is 0 Å². The lowest BCUT2D eigenvalue weighted by molar-refractivity contribution is 0.0596. The van der Waals surface area contributed by atoms with Gasteiger partial charge >= 0.3 is 0 Å². The van der Waals surface area contributed by atoms with Crippen LogP contribution in [-0.2, 0) is 12.0 Å². The first-order chi connectivity index (χ1) is 9.29. The number of benzene rings is 1. The van der Waals surface area contributed by atoms with Gasteiger partial charge in [-0.3, -0.25) is 4.90 Å². The minimum Gasteiger partial charge on any atom is -0.357 e. The van der Waals surface area contributed by atoms with Gasteiger partial charge in [0.25, 0.3) is 0 Å². The van der Waals surface area contributed by atoms with Crippen LogP contribution in [0.15, 0.2) is 24.3 Å². The van der Waals surface area contributed by atoms with E-state index < -0.39 is 0 Å². The number of rotatable bonds is 0. The number of hydrogen-bond acceptors (Lipinski definition) is 1. The number of piperidine rings is 1. The van der Waals surface area contributed by atoms with Gasteiger partial charge in [-0.25, -0.2) is 0 Å². The Balaban J connectivity index is 1.95. The highest BCUT2D eigenvalue weighted by atomic mass is 15.2. The molecule has 1 saturated heterocycles. The molecule has 0 unspecified atom stereocenters. The summed E-state index contributed by atoms with van der Waals surface area (Å²) in [6.07, 6.45) is 6.55. The molecular weight excluding hydrogens is 232 g/mol. The van der Waals surface area contributed by atoms with Crippen LogP contribution in [0.25, 0.3) is 10.9 Å². The predicted molar refractivity (Wildman–Crippen MR) is 79.4 cm³/mol. The van der Waals surface area contributed by atoms with Crippen molar-refractivity contribution in [3.05, 3.63) is 35.5 Å². The molecule has 0 radical (unpaired) electrons. The van der Waals surface area contributed by atoms with Crippen LogP contribution in [0.4, 0.5) is 0 Å². The van der Waals surface area contributed by atoms with Gasteiger partial charge in [-0.1, -0.05) is 18.2 Å². The van der Waals surface area contributed by atoms with Crippen LogP contribution < -0.4 is 0 Å². The van der Waals surface area contributed by atoms with Gasteiger partial charge < -0.3 is 4.98 Å². The second-order valence-corrected chi connectivity index (χ2v) is 6.35. The highest BCUT2D eigenvalue weighted by molar-refractivity contribution is 5.85. The monoisotopic (exact) mass is 254 g/mol. The fourth-order valence-electron chi connectivity index (χ4n) is 4.18. The molecule has 0 saturated carbocycles. The molecular formula is C17H22N2. The van der Waals surface area contributed by atoms with E-state index in [1.54, 1.807) is 5.56 Å². The zero-order chi connectivity index (χ0) is 12.9. The number of nitrogens with zero attached hydrogens (tertiary/aromatic N) is 1. The molecule has 0 bridgehead atoms. The molecule has 2 aromatic rings. The molecule has 19 heavy (non-hydrogen) atoms. The van der Waals surface area contributed by atoms with E-state index in [4.69, 9.17) is 0 Å². The molecule has 0 amide bonds. The maximum absolute atomic E-state index is 3.75. The first-order valence-corrected chi connectivity index (χ1v) is 7.64. The average molecular weight is 254 g/mol. The molecule has 100 valence electrons. The van der Waals surface area contributed by atoms with E-state index in [1.165, 1.54) is 61.8 Å². The van der Waals surface area contributed by atoms with Gasteiger partial charge in [0.2, 0.25) is 0 Å². The van der Waals surface area contributed by atoms with Crippen molar-refractivity contribution in [1.82, 2.24) is 9.88 Å². The molecule has 0 aliphatic carbocycles. The van der Waals surface area contributed by atoms with Gasteiger partial charge in [-0.2, -0.15) is 0 Å². The van der Waals surface area contributed by atoms with Gasteiger partial charge in [0.1, 0.15) is 0 Å². The molecule has 2 heteroatoms. The third-order valence-corrected chi connectivity index (χ3v) is 5.25. The maximum Gasteiger partial charge on any atom is 0.0586 e. The molecule has 2 nitrogen and oxygen atoms in total. The first-order valence-electron chi connectivity index (χ1n) is 7.64. The molecule has 1 N–H and O–H groups in total. The molecule has 1 fully saturated rings. The summed E-state index contributed by atoms with van der Waals surface area (Å²) in [7, 11) is 0. The molecule has 0 spiro atoms. The van der Waals surface area contributed by atoms with Gasteiger partial charge in [0.05, 0.1) is 5.54 Å². The summed E-state index contributed by atoms with van der Waals surface area (Å²) in [4.78, 5) is 6.47. The maximum atomic E-state index is 3.75. The van der Waals surface area contributed by atoms with Crippen molar-refractivity contribution in [2.24, 2.45) is 0 Å². The van der Waals surface area contributed by atoms with Crippen LogP contribution in [0, 0.1) is 0 Å². The summed E-state index contributed by atoms with van der Waals surface area (Å²) in [6.45, 7) is 4.98. The Morgan fingerprint density at radius 2 is 1.95 bits per heavy atom. The van der Waals surface area contributed by atoms with Crippen LogP contribution in [-0.4, -0.2) is 23.0 Å². The normalized spacial score (nSPS) is 27.8. The standard InChI is InChI=1S/C17H22N2/c1-17-10-4-5-11-19(17)12-6-8-14-13-7-2-3-9-15(13)18-16(14)17/h2-3,7,9,18H,4-6,8,10-12H2,1H3/t17-/m0/s1. The Hall–Kier alpha value is -1.28. The highest BCUT2D eigenvalue weighted by Gasteiger charge is 2.40. The summed E-state index contributed by atoms with van der Waals surface area (Å²) in [5.41, 5.74) is 4.65. The Kier molecular flexibility index (Phi) is 2.49. The second kappa shape index (κ2) is 4.11. The van der Waals surface area contributed by atoms with Crippen LogP contribution >= 0.6 is 0 Å². The Labute approximate surface area is 114 Å². The quantitative estimate of drug-likeness (QED) is 0.757. The number of para-hydroxylation sites is 1. The molecule has 2 aliphatic rings. The van der Waals surface area contributed by atoms with Crippen molar-refractivity contribution in [2.75, 3.05) is 13.1 Å². The lowest BCUT2D eigenvalue weighted by Crippen LogP contribution is -2.47. The highest BCUT2D eigenvalue weighted by Crippen LogP contribution is 2.42. The minimum absolute atomic E-state index is 0.239. The van der Waals surface area contributed by atoms with Crippen LogP contribution in [0.3, 0.4) is 0 Å². The smallest absolute Gasteiger partial charge is 0.0586 e. The van der Waals surface area contributed by atoms with E-state index in [0.29, 0.717) is 0 Å². The topological polar surface area (TPSA) is 19.0 Å². The Bertz CT molecular complexity index is 613. The number of fused-ring (bicyclic) bond motifs is 5. The molecule has 1 atom stereocenters. The summed E-state index contributed by atoms with van der Waals surface area (Å²) < 4.78 is 0. The van der Waals surface area contributed by atoms with Gasteiger partial charge in [-0.05, 0) is 63.7 Å². The molecule has 1 aromatic carbocycles. The zero-order valence-electron chi connectivity index (χ0n) is 11.7. The average Bonchev–Trinajstić information content (AvgIpc) is 2.74. The SMILES string of the molecule is C[C@@]12CCCCN1CCCc1c2[nH]c2ccccc12. The molecule has 3 heterocycles. The van der Waals surface area contributed by atoms with E-state index >= 15 is 0 Å². The molecule has 1 aromatic heterocycles. The lowest BCUT2D eigenvalue weighted by atomic mass is 9.84. The third-order valence-electron chi connectivity index (χ3n) is 5.25. The van der Waals surface area contributed by atoms with Crippen LogP contribution in [0.2, 0.25) is 0 Å². The van der Waals surface area contributed by atoms with E-state index in [2.05, 4.69) is 41.1 Å². The van der Waals surface area contributed by atoms with E-state index in [-0.39, 0.29) is 5.54 Å². The Morgan fingerprint density at radius 3 is 2.89 bits per heavy atom. The largest absolute Gasteiger partial charge is 0.357 e. The summed E-state index contributed by atoms with van der Waals surface area (Å²) in [5.74, 6) is 0. The van der Waals surface area contributed by atoms with Crippen LogP contribution in [0.1, 0.15) is 43.9 Å². The van der Waals surface area contributed by atoms with Gasteiger partial charge in [-0.15, -0.1) is 0 Å². The number of hydrogen-bond donors (Lipinski definition) is 1. The predicted octanol–water partition coefficient (Wildman–Crippen LogP) is 3.82. The Morgan fingerprint density at radius 1 is 1.11 bits per heavy atom. The van der Waals surface area contributed by atoms with Crippen molar-refractivity contribution < 1.29 is 0 Å². The fourth-order valence-corrected chi connectivity index (χ4v) is 4.18. The minimum atomic E-state index is 0.239. The zero-order valence-corrected chi connectivity index (χ0v) is 11.7. The number of aryl methyl sites for hydroxylation is 1. The first kappa shape index (κ1) is 11.5. The third kappa shape index (κ3) is 1.59. The second-order valence-electron chi connectivity index (χ2n) is 6.35.